The number of nitrogens with one attached hydrogen (secondary N) is 1. The van der Waals surface area contributed by atoms with Crippen molar-refractivity contribution in [2.45, 2.75) is 115 Å². The molecule has 0 saturated heterocycles. The van der Waals surface area contributed by atoms with E-state index in [1.165, 1.54) is 48.3 Å². The lowest BCUT2D eigenvalue weighted by molar-refractivity contribution is -0.144. The summed E-state index contributed by atoms with van der Waals surface area (Å²) in [6, 6.07) is -0.602. The molecule has 0 heterocycles. The topological polar surface area (TPSA) is 270 Å². The lowest BCUT2D eigenvalue weighted by Gasteiger charge is -2.34. The molecular formula is C38H71N5O13. The van der Waals surface area contributed by atoms with E-state index in [2.05, 4.69) is 5.32 Å². The average molecular weight is 806 g/mol. The molecule has 56 heavy (non-hydrogen) atoms. The van der Waals surface area contributed by atoms with E-state index in [9.17, 15) is 44.1 Å². The maximum Gasteiger partial charge on any atom is 0.317 e. The summed E-state index contributed by atoms with van der Waals surface area (Å²) in [6.07, 6.45) is 17.1. The first-order valence-corrected chi connectivity index (χ1v) is 20.2. The Morgan fingerprint density at radius 1 is 0.500 bits per heavy atom. The molecule has 0 rings (SSSR count). The van der Waals surface area contributed by atoms with Crippen molar-refractivity contribution in [3.8, 4) is 0 Å². The minimum Gasteiger partial charge on any atom is -0.480 e. The van der Waals surface area contributed by atoms with Gasteiger partial charge in [0.15, 0.2) is 0 Å². The van der Waals surface area contributed by atoms with E-state index < -0.39 is 68.6 Å². The van der Waals surface area contributed by atoms with Crippen molar-refractivity contribution >= 4 is 35.8 Å². The minimum atomic E-state index is -1.24. The molecule has 0 aliphatic carbocycles. The highest BCUT2D eigenvalue weighted by Crippen LogP contribution is 2.17. The third-order valence-corrected chi connectivity index (χ3v) is 9.12. The van der Waals surface area contributed by atoms with Crippen LogP contribution >= 0.6 is 0 Å². The van der Waals surface area contributed by atoms with Gasteiger partial charge in [-0.3, -0.25) is 43.5 Å². The van der Waals surface area contributed by atoms with Gasteiger partial charge in [-0.2, -0.15) is 0 Å². The molecule has 0 aromatic rings. The van der Waals surface area contributed by atoms with Crippen LogP contribution < -0.4 is 11.1 Å². The zero-order chi connectivity index (χ0) is 41.8. The molecule has 1 unspecified atom stereocenters. The number of carboxylic acids is 5. The van der Waals surface area contributed by atoms with Crippen molar-refractivity contribution in [3.05, 3.63) is 0 Å². The van der Waals surface area contributed by atoms with Gasteiger partial charge in [-0.05, 0) is 12.8 Å². The number of hydrogen-bond donors (Lipinski definition) is 7. The Bertz CT molecular complexity index is 1050. The van der Waals surface area contributed by atoms with Gasteiger partial charge in [0.1, 0.15) is 0 Å². The zero-order valence-electron chi connectivity index (χ0n) is 33.4. The van der Waals surface area contributed by atoms with Gasteiger partial charge in [0.2, 0.25) is 5.91 Å². The van der Waals surface area contributed by atoms with Gasteiger partial charge >= 0.3 is 29.8 Å². The number of nitrogens with zero attached hydrogens (tertiary/aromatic N) is 3. The predicted molar refractivity (Wildman–Crippen MR) is 209 cm³/mol. The number of hydrogen-bond acceptors (Lipinski definition) is 12. The lowest BCUT2D eigenvalue weighted by atomic mass is 10.0. The lowest BCUT2D eigenvalue weighted by Crippen LogP contribution is -2.50. The second kappa shape index (κ2) is 36.0. The van der Waals surface area contributed by atoms with E-state index in [0.717, 1.165) is 56.3 Å². The summed E-state index contributed by atoms with van der Waals surface area (Å²) in [7, 11) is 0. The first-order chi connectivity index (χ1) is 26.8. The van der Waals surface area contributed by atoms with E-state index >= 15 is 0 Å². The first-order valence-electron chi connectivity index (χ1n) is 20.2. The average Bonchev–Trinajstić information content (AvgIpc) is 3.10. The maximum atomic E-state index is 11.9. The maximum absolute atomic E-state index is 11.9. The van der Waals surface area contributed by atoms with Gasteiger partial charge in [0.25, 0.3) is 0 Å². The molecule has 0 spiro atoms. The molecule has 0 bridgehead atoms. The van der Waals surface area contributed by atoms with Crippen molar-refractivity contribution in [1.82, 2.24) is 20.0 Å². The molecule has 1 atom stereocenters. The Morgan fingerprint density at radius 3 is 1.34 bits per heavy atom. The fraction of sp³-hybridized carbons (Fsp3) is 0.842. The highest BCUT2D eigenvalue weighted by Gasteiger charge is 2.26. The van der Waals surface area contributed by atoms with Crippen LogP contribution in [0.2, 0.25) is 0 Å². The molecule has 0 radical (unpaired) electrons. The summed E-state index contributed by atoms with van der Waals surface area (Å²) in [5.74, 6) is -6.03. The van der Waals surface area contributed by atoms with E-state index in [1.54, 1.807) is 0 Å². The standard InChI is InChI=1S/C38H71N5O13/c39-18-22-55-24-25-56-23-19-40-33(44)17-15-13-11-9-7-5-3-1-2-4-6-8-10-12-14-16-32(43(30-37(51)52)31-38(53)54)26-41(27-34(45)46)20-21-42(28-35(47)48)29-36(49)50/h32H,1-31,39H2,(H,40,44)(H,45,46)(H,47,48)(H,49,50)(H,51,52)(H,53,54). The summed E-state index contributed by atoms with van der Waals surface area (Å²) < 4.78 is 10.6. The minimum absolute atomic E-state index is 0.00916. The Labute approximate surface area is 332 Å². The summed E-state index contributed by atoms with van der Waals surface area (Å²) in [5.41, 5.74) is 5.34. The molecule has 0 fully saturated rings. The van der Waals surface area contributed by atoms with Crippen LogP contribution in [0.25, 0.3) is 0 Å². The number of aliphatic carboxylic acids is 5. The second-order valence-corrected chi connectivity index (χ2v) is 14.2. The predicted octanol–water partition coefficient (Wildman–Crippen LogP) is 2.42. The second-order valence-electron chi connectivity index (χ2n) is 14.2. The molecule has 0 saturated carbocycles. The van der Waals surface area contributed by atoms with Crippen LogP contribution in [0.3, 0.4) is 0 Å². The van der Waals surface area contributed by atoms with Gasteiger partial charge in [-0.15, -0.1) is 0 Å². The quantitative estimate of drug-likeness (QED) is 0.0437. The Balaban J connectivity index is 4.36. The monoisotopic (exact) mass is 806 g/mol. The molecule has 18 nitrogen and oxygen atoms in total. The van der Waals surface area contributed by atoms with Crippen LogP contribution in [0.15, 0.2) is 0 Å². The number of ether oxygens (including phenoxy) is 2. The largest absolute Gasteiger partial charge is 0.480 e. The van der Waals surface area contributed by atoms with Crippen LogP contribution in [0.1, 0.15) is 109 Å². The van der Waals surface area contributed by atoms with Crippen molar-refractivity contribution < 1.29 is 63.8 Å². The Hall–Kier alpha value is -3.42. The molecule has 0 aliphatic heterocycles. The van der Waals surface area contributed by atoms with Crippen LogP contribution in [-0.2, 0) is 38.2 Å². The SMILES string of the molecule is NCCOCCOCCNC(=O)CCCCCCCCCCCCCCCCCC(CN(CCN(CC(=O)O)CC(=O)O)CC(=O)O)N(CC(=O)O)CC(=O)O. The van der Waals surface area contributed by atoms with E-state index in [1.807, 2.05) is 0 Å². The summed E-state index contributed by atoms with van der Waals surface area (Å²) >= 11 is 0. The van der Waals surface area contributed by atoms with Gasteiger partial charge in [-0.25, -0.2) is 0 Å². The summed E-state index contributed by atoms with van der Waals surface area (Å²) in [5, 5.41) is 49.6. The number of unbranched alkanes of at least 4 members (excludes halogenated alkanes) is 14. The molecule has 0 aromatic heterocycles. The first kappa shape index (κ1) is 52.6. The van der Waals surface area contributed by atoms with E-state index in [-0.39, 0.29) is 25.5 Å². The number of carbonyl (C=O) groups is 6. The fourth-order valence-corrected chi connectivity index (χ4v) is 6.37. The van der Waals surface area contributed by atoms with Crippen LogP contribution in [0, 0.1) is 0 Å². The summed E-state index contributed by atoms with van der Waals surface area (Å²) in [6.45, 7) is 0.252. The Kier molecular flexibility index (Phi) is 33.8. The molecule has 0 aromatic carbocycles. The van der Waals surface area contributed by atoms with Crippen molar-refractivity contribution in [2.75, 3.05) is 91.9 Å². The normalized spacial score (nSPS) is 12.0. The fourth-order valence-electron chi connectivity index (χ4n) is 6.37. The smallest absolute Gasteiger partial charge is 0.317 e. The van der Waals surface area contributed by atoms with Crippen molar-refractivity contribution in [2.24, 2.45) is 5.73 Å². The van der Waals surface area contributed by atoms with Gasteiger partial charge in [0.05, 0.1) is 59.2 Å². The molecule has 18 heteroatoms. The van der Waals surface area contributed by atoms with Gasteiger partial charge in [-0.1, -0.05) is 89.9 Å². The zero-order valence-corrected chi connectivity index (χ0v) is 33.4. The van der Waals surface area contributed by atoms with Crippen molar-refractivity contribution in [1.29, 1.82) is 0 Å². The van der Waals surface area contributed by atoms with Gasteiger partial charge in [0, 0.05) is 45.2 Å². The third-order valence-electron chi connectivity index (χ3n) is 9.12. The third kappa shape index (κ3) is 35.0. The van der Waals surface area contributed by atoms with Crippen LogP contribution in [-0.4, -0.2) is 174 Å². The number of amides is 1. The molecule has 0 aliphatic rings. The van der Waals surface area contributed by atoms with E-state index in [4.69, 9.17) is 25.4 Å². The molecule has 8 N–H and O–H groups in total. The number of nitrogens with two attached hydrogens (primary N) is 1. The molecule has 326 valence electrons. The number of carbonyl (C=O) groups excluding carboxylic acids is 1. The van der Waals surface area contributed by atoms with Crippen molar-refractivity contribution in [3.63, 3.8) is 0 Å². The highest BCUT2D eigenvalue weighted by atomic mass is 16.5. The highest BCUT2D eigenvalue weighted by molar-refractivity contribution is 5.75. The Morgan fingerprint density at radius 2 is 0.893 bits per heavy atom. The summed E-state index contributed by atoms with van der Waals surface area (Å²) in [4.78, 5) is 73.1. The van der Waals surface area contributed by atoms with Crippen LogP contribution in [0.5, 0.6) is 0 Å². The number of carboxylic acid groups (broad SMARTS) is 5. The van der Waals surface area contributed by atoms with Crippen LogP contribution in [0.4, 0.5) is 0 Å². The molecular weight excluding hydrogens is 734 g/mol. The van der Waals surface area contributed by atoms with Gasteiger partial charge < -0.3 is 46.1 Å². The molecule has 1 amide bonds. The van der Waals surface area contributed by atoms with E-state index in [0.29, 0.717) is 58.8 Å². The number of rotatable bonds is 42.